The summed E-state index contributed by atoms with van der Waals surface area (Å²) in [5.74, 6) is 0. The minimum atomic E-state index is -0.468. The van der Waals surface area contributed by atoms with Gasteiger partial charge in [-0.3, -0.25) is 4.68 Å². The van der Waals surface area contributed by atoms with Crippen molar-refractivity contribution in [1.82, 2.24) is 15.1 Å². The van der Waals surface area contributed by atoms with Gasteiger partial charge in [0.25, 0.3) is 0 Å². The zero-order valence-electron chi connectivity index (χ0n) is 14.3. The van der Waals surface area contributed by atoms with Crippen LogP contribution in [0.4, 0.5) is 10.5 Å². The van der Waals surface area contributed by atoms with E-state index in [1.165, 1.54) is 0 Å². The van der Waals surface area contributed by atoms with Crippen molar-refractivity contribution in [3.8, 4) is 0 Å². The molecule has 0 unspecified atom stereocenters. The first-order chi connectivity index (χ1) is 10.3. The highest BCUT2D eigenvalue weighted by Crippen LogP contribution is 2.25. The Labute approximate surface area is 132 Å². The third-order valence-electron chi connectivity index (χ3n) is 3.80. The maximum absolute atomic E-state index is 12.0. The first-order valence-corrected chi connectivity index (χ1v) is 8.07. The van der Waals surface area contributed by atoms with Crippen LogP contribution in [0.15, 0.2) is 6.20 Å². The van der Waals surface area contributed by atoms with Gasteiger partial charge < -0.3 is 15.4 Å². The van der Waals surface area contributed by atoms with Crippen LogP contribution < -0.4 is 10.6 Å². The van der Waals surface area contributed by atoms with Gasteiger partial charge in [0.05, 0.1) is 17.4 Å². The third kappa shape index (κ3) is 4.39. The number of aromatic nitrogens is 2. The van der Waals surface area contributed by atoms with Crippen LogP contribution in [-0.4, -0.2) is 33.6 Å². The van der Waals surface area contributed by atoms with E-state index in [0.717, 1.165) is 37.1 Å². The average Bonchev–Trinajstić information content (AvgIpc) is 2.94. The first-order valence-electron chi connectivity index (χ1n) is 8.07. The van der Waals surface area contributed by atoms with Crippen LogP contribution >= 0.6 is 0 Å². The number of amides is 1. The lowest BCUT2D eigenvalue weighted by molar-refractivity contribution is 0.0503. The molecule has 6 heteroatoms. The zero-order valence-corrected chi connectivity index (χ0v) is 14.3. The average molecular weight is 308 g/mol. The van der Waals surface area contributed by atoms with E-state index in [1.54, 1.807) is 0 Å². The highest BCUT2D eigenvalue weighted by molar-refractivity contribution is 5.68. The lowest BCUT2D eigenvalue weighted by atomic mass is 10.1. The molecule has 0 aliphatic heterocycles. The molecule has 0 aromatic carbocycles. The Hall–Kier alpha value is -1.72. The lowest BCUT2D eigenvalue weighted by Gasteiger charge is -2.25. The summed E-state index contributed by atoms with van der Waals surface area (Å²) in [6, 6.07) is 0.321. The van der Waals surface area contributed by atoms with E-state index < -0.39 is 5.60 Å². The molecule has 1 saturated carbocycles. The lowest BCUT2D eigenvalue weighted by Crippen LogP contribution is -2.45. The topological polar surface area (TPSA) is 68.2 Å². The quantitative estimate of drug-likeness (QED) is 0.897. The predicted molar refractivity (Wildman–Crippen MR) is 87.0 cm³/mol. The molecule has 1 aromatic rings. The molecule has 0 radical (unpaired) electrons. The molecule has 1 aromatic heterocycles. The van der Waals surface area contributed by atoms with Gasteiger partial charge in [0.2, 0.25) is 0 Å². The summed E-state index contributed by atoms with van der Waals surface area (Å²) < 4.78 is 7.18. The van der Waals surface area contributed by atoms with Crippen LogP contribution in [-0.2, 0) is 18.2 Å². The van der Waals surface area contributed by atoms with Crippen molar-refractivity contribution in [2.24, 2.45) is 7.05 Å². The Morgan fingerprint density at radius 2 is 2.09 bits per heavy atom. The van der Waals surface area contributed by atoms with Crippen molar-refractivity contribution < 1.29 is 9.53 Å². The molecular weight excluding hydrogens is 280 g/mol. The SMILES string of the molecule is CCc1nn(C)cc1N[C@@H]1CCC[C@@H]1NC(=O)OC(C)(C)C. The Balaban J connectivity index is 1.97. The standard InChI is InChI=1S/C16H28N4O2/c1-6-11-14(10-20(5)19-11)17-12-8-7-9-13(12)18-15(21)22-16(2,3)4/h10,12-13,17H,6-9H2,1-5H3,(H,18,21)/t12-,13+/m1/s1. The number of nitrogens with zero attached hydrogens (tertiary/aromatic N) is 2. The van der Waals surface area contributed by atoms with E-state index in [-0.39, 0.29) is 18.2 Å². The summed E-state index contributed by atoms with van der Waals surface area (Å²) in [5.41, 5.74) is 1.66. The van der Waals surface area contributed by atoms with Crippen molar-refractivity contribution in [3.63, 3.8) is 0 Å². The number of alkyl carbamates (subject to hydrolysis) is 1. The molecule has 1 fully saturated rings. The molecule has 1 aliphatic rings. The number of carbonyl (C=O) groups excluding carboxylic acids is 1. The van der Waals surface area contributed by atoms with Gasteiger partial charge in [0, 0.05) is 19.3 Å². The smallest absolute Gasteiger partial charge is 0.407 e. The van der Waals surface area contributed by atoms with Crippen molar-refractivity contribution in [2.75, 3.05) is 5.32 Å². The zero-order chi connectivity index (χ0) is 16.3. The third-order valence-corrected chi connectivity index (χ3v) is 3.80. The van der Waals surface area contributed by atoms with E-state index in [2.05, 4.69) is 22.7 Å². The van der Waals surface area contributed by atoms with Crippen LogP contribution in [0.3, 0.4) is 0 Å². The van der Waals surface area contributed by atoms with Gasteiger partial charge in [0.1, 0.15) is 5.60 Å². The van der Waals surface area contributed by atoms with E-state index in [4.69, 9.17) is 4.74 Å². The summed E-state index contributed by atoms with van der Waals surface area (Å²) in [5, 5.41) is 11.0. The molecule has 2 N–H and O–H groups in total. The van der Waals surface area contributed by atoms with E-state index in [1.807, 2.05) is 38.7 Å². The van der Waals surface area contributed by atoms with Gasteiger partial charge in [-0.2, -0.15) is 5.10 Å². The van der Waals surface area contributed by atoms with Gasteiger partial charge in [-0.15, -0.1) is 0 Å². The number of rotatable bonds is 4. The second-order valence-electron chi connectivity index (χ2n) is 6.95. The molecule has 0 saturated heterocycles. The number of hydrogen-bond donors (Lipinski definition) is 2. The second kappa shape index (κ2) is 6.58. The summed E-state index contributed by atoms with van der Waals surface area (Å²) in [6.45, 7) is 7.72. The number of anilines is 1. The Bertz CT molecular complexity index is 519. The molecule has 0 bridgehead atoms. The molecule has 2 rings (SSSR count). The minimum absolute atomic E-state index is 0.0970. The van der Waals surface area contributed by atoms with Crippen molar-refractivity contribution in [3.05, 3.63) is 11.9 Å². The van der Waals surface area contributed by atoms with Gasteiger partial charge in [0.15, 0.2) is 0 Å². The number of carbonyl (C=O) groups is 1. The van der Waals surface area contributed by atoms with E-state index in [0.29, 0.717) is 0 Å². The summed E-state index contributed by atoms with van der Waals surface area (Å²) in [6.07, 6.45) is 5.66. The van der Waals surface area contributed by atoms with Crippen LogP contribution in [0, 0.1) is 0 Å². The minimum Gasteiger partial charge on any atom is -0.444 e. The van der Waals surface area contributed by atoms with Gasteiger partial charge in [-0.05, 0) is 46.5 Å². The van der Waals surface area contributed by atoms with Crippen LogP contribution in [0.2, 0.25) is 0 Å². The molecule has 22 heavy (non-hydrogen) atoms. The van der Waals surface area contributed by atoms with Gasteiger partial charge in [-0.25, -0.2) is 4.79 Å². The van der Waals surface area contributed by atoms with Crippen molar-refractivity contribution in [1.29, 1.82) is 0 Å². The number of hydrogen-bond acceptors (Lipinski definition) is 4. The largest absolute Gasteiger partial charge is 0.444 e. The fourth-order valence-electron chi connectivity index (χ4n) is 2.88. The molecule has 2 atom stereocenters. The Kier molecular flexibility index (Phi) is 4.98. The predicted octanol–water partition coefficient (Wildman–Crippen LogP) is 2.84. The maximum atomic E-state index is 12.0. The summed E-state index contributed by atoms with van der Waals surface area (Å²) in [7, 11) is 1.93. The van der Waals surface area contributed by atoms with Crippen LogP contribution in [0.5, 0.6) is 0 Å². The Morgan fingerprint density at radius 1 is 1.41 bits per heavy atom. The number of aryl methyl sites for hydroxylation is 2. The van der Waals surface area contributed by atoms with E-state index in [9.17, 15) is 4.79 Å². The van der Waals surface area contributed by atoms with Gasteiger partial charge >= 0.3 is 6.09 Å². The summed E-state index contributed by atoms with van der Waals surface area (Å²) >= 11 is 0. The van der Waals surface area contributed by atoms with Crippen molar-refractivity contribution >= 4 is 11.8 Å². The molecule has 1 aliphatic carbocycles. The molecule has 0 spiro atoms. The van der Waals surface area contributed by atoms with Crippen LogP contribution in [0.1, 0.15) is 52.7 Å². The molecule has 6 nitrogen and oxygen atoms in total. The van der Waals surface area contributed by atoms with Crippen LogP contribution in [0.25, 0.3) is 0 Å². The number of ether oxygens (including phenoxy) is 1. The molecule has 1 heterocycles. The summed E-state index contributed by atoms with van der Waals surface area (Å²) in [4.78, 5) is 12.0. The highest BCUT2D eigenvalue weighted by atomic mass is 16.6. The fraction of sp³-hybridized carbons (Fsp3) is 0.750. The fourth-order valence-corrected chi connectivity index (χ4v) is 2.88. The maximum Gasteiger partial charge on any atom is 0.407 e. The number of nitrogens with one attached hydrogen (secondary N) is 2. The molecule has 1 amide bonds. The molecular formula is C16H28N4O2. The van der Waals surface area contributed by atoms with Gasteiger partial charge in [-0.1, -0.05) is 6.92 Å². The second-order valence-corrected chi connectivity index (χ2v) is 6.95. The van der Waals surface area contributed by atoms with Crippen molar-refractivity contribution in [2.45, 2.75) is 71.1 Å². The van der Waals surface area contributed by atoms with E-state index >= 15 is 0 Å². The highest BCUT2D eigenvalue weighted by Gasteiger charge is 2.30. The monoisotopic (exact) mass is 308 g/mol. The normalized spacial score (nSPS) is 21.7. The Morgan fingerprint density at radius 3 is 2.73 bits per heavy atom. The first kappa shape index (κ1) is 16.6. The molecule has 124 valence electrons.